The van der Waals surface area contributed by atoms with Crippen LogP contribution < -0.4 is 10.2 Å². The number of nitrogens with one attached hydrogen (secondary N) is 1. The first-order valence-electron chi connectivity index (χ1n) is 8.06. The number of anilines is 1. The van der Waals surface area contributed by atoms with Crippen LogP contribution in [0.1, 0.15) is 18.9 Å². The van der Waals surface area contributed by atoms with Crippen molar-refractivity contribution in [1.82, 2.24) is 9.62 Å². The average Bonchev–Trinajstić information content (AvgIpc) is 3.10. The van der Waals surface area contributed by atoms with Gasteiger partial charge in [-0.3, -0.25) is 4.79 Å². The fourth-order valence-corrected chi connectivity index (χ4v) is 5.26. The molecule has 0 saturated carbocycles. The molecule has 0 bridgehead atoms. The van der Waals surface area contributed by atoms with Crippen molar-refractivity contribution in [3.63, 3.8) is 0 Å². The predicted molar refractivity (Wildman–Crippen MR) is 89.3 cm³/mol. The van der Waals surface area contributed by atoms with E-state index >= 15 is 0 Å². The maximum atomic E-state index is 13.8. The van der Waals surface area contributed by atoms with Gasteiger partial charge in [-0.1, -0.05) is 0 Å². The van der Waals surface area contributed by atoms with Crippen LogP contribution in [0.3, 0.4) is 0 Å². The number of carbonyl (C=O) groups is 1. The first kappa shape index (κ1) is 17.3. The van der Waals surface area contributed by atoms with Crippen LogP contribution in [0.5, 0.6) is 0 Å². The lowest BCUT2D eigenvalue weighted by molar-refractivity contribution is -0.116. The number of hydrogen-bond donors (Lipinski definition) is 1. The fraction of sp³-hybridized carbons (Fsp3) is 0.562. The van der Waals surface area contributed by atoms with E-state index in [0.717, 1.165) is 11.3 Å². The molecule has 0 radical (unpaired) electrons. The molecule has 1 aromatic rings. The zero-order valence-electron chi connectivity index (χ0n) is 13.8. The van der Waals surface area contributed by atoms with Crippen molar-refractivity contribution in [2.45, 2.75) is 36.9 Å². The van der Waals surface area contributed by atoms with Gasteiger partial charge >= 0.3 is 0 Å². The highest BCUT2D eigenvalue weighted by Crippen LogP contribution is 2.33. The van der Waals surface area contributed by atoms with Gasteiger partial charge in [-0.2, -0.15) is 4.31 Å². The number of alkyl halides is 1. The van der Waals surface area contributed by atoms with E-state index in [-0.39, 0.29) is 29.8 Å². The Bertz CT molecular complexity index is 753. The lowest BCUT2D eigenvalue weighted by atomic mass is 10.2. The van der Waals surface area contributed by atoms with Crippen molar-refractivity contribution in [2.75, 3.05) is 31.6 Å². The minimum Gasteiger partial charge on any atom is -0.318 e. The number of halogens is 1. The molecule has 2 heterocycles. The highest BCUT2D eigenvalue weighted by Gasteiger charge is 2.40. The second kappa shape index (κ2) is 6.42. The molecule has 1 fully saturated rings. The van der Waals surface area contributed by atoms with Crippen molar-refractivity contribution >= 4 is 21.6 Å². The van der Waals surface area contributed by atoms with Gasteiger partial charge in [0.2, 0.25) is 15.9 Å². The lowest BCUT2D eigenvalue weighted by Gasteiger charge is -2.24. The first-order chi connectivity index (χ1) is 11.3. The molecule has 2 aliphatic heterocycles. The Morgan fingerprint density at radius 3 is 2.83 bits per heavy atom. The van der Waals surface area contributed by atoms with Gasteiger partial charge in [0.1, 0.15) is 6.17 Å². The molecule has 1 saturated heterocycles. The number of fused-ring (bicyclic) bond motifs is 1. The molecule has 6 nitrogen and oxygen atoms in total. The largest absolute Gasteiger partial charge is 0.318 e. The van der Waals surface area contributed by atoms with E-state index in [9.17, 15) is 17.6 Å². The summed E-state index contributed by atoms with van der Waals surface area (Å²) >= 11 is 0. The van der Waals surface area contributed by atoms with Crippen molar-refractivity contribution in [2.24, 2.45) is 0 Å². The normalized spacial score (nSPS) is 24.4. The summed E-state index contributed by atoms with van der Waals surface area (Å²) in [4.78, 5) is 13.4. The van der Waals surface area contributed by atoms with Crippen LogP contribution in [0.15, 0.2) is 23.1 Å². The molecule has 1 amide bonds. The number of amides is 1. The smallest absolute Gasteiger partial charge is 0.243 e. The third-order valence-corrected chi connectivity index (χ3v) is 6.60. The van der Waals surface area contributed by atoms with Gasteiger partial charge in [0.15, 0.2) is 0 Å². The molecule has 0 unspecified atom stereocenters. The SMILES string of the molecule is CNC[C@@H]1C[C@H](F)CN1S(=O)(=O)c1ccc2c(c1)CCN2C(C)=O. The Morgan fingerprint density at radius 2 is 2.17 bits per heavy atom. The fourth-order valence-electron chi connectivity index (χ4n) is 3.55. The zero-order valence-corrected chi connectivity index (χ0v) is 14.6. The van der Waals surface area contributed by atoms with Gasteiger partial charge in [0.05, 0.1) is 4.90 Å². The summed E-state index contributed by atoms with van der Waals surface area (Å²) in [6.45, 7) is 2.37. The van der Waals surface area contributed by atoms with Crippen LogP contribution in [0, 0.1) is 0 Å². The van der Waals surface area contributed by atoms with Crippen LogP contribution in [0.25, 0.3) is 0 Å². The highest BCUT2D eigenvalue weighted by molar-refractivity contribution is 7.89. The number of nitrogens with zero attached hydrogens (tertiary/aromatic N) is 2. The summed E-state index contributed by atoms with van der Waals surface area (Å²) in [6, 6.07) is 4.43. The van der Waals surface area contributed by atoms with Crippen LogP contribution in [0.2, 0.25) is 0 Å². The van der Waals surface area contributed by atoms with E-state index in [1.54, 1.807) is 24.1 Å². The Hall–Kier alpha value is -1.51. The van der Waals surface area contributed by atoms with Gasteiger partial charge in [-0.25, -0.2) is 12.8 Å². The molecule has 0 aromatic heterocycles. The molecule has 1 N–H and O–H groups in total. The number of sulfonamides is 1. The number of rotatable bonds is 4. The van der Waals surface area contributed by atoms with E-state index in [4.69, 9.17) is 0 Å². The monoisotopic (exact) mass is 355 g/mol. The molecule has 2 atom stereocenters. The highest BCUT2D eigenvalue weighted by atomic mass is 32.2. The molecule has 1 aromatic carbocycles. The maximum absolute atomic E-state index is 13.8. The van der Waals surface area contributed by atoms with Crippen LogP contribution >= 0.6 is 0 Å². The number of likely N-dealkylation sites (N-methyl/N-ethyl adjacent to an activating group) is 1. The van der Waals surface area contributed by atoms with E-state index in [0.29, 0.717) is 19.5 Å². The molecule has 132 valence electrons. The van der Waals surface area contributed by atoms with Crippen molar-refractivity contribution in [3.8, 4) is 0 Å². The van der Waals surface area contributed by atoms with Gasteiger partial charge in [0.25, 0.3) is 0 Å². The summed E-state index contributed by atoms with van der Waals surface area (Å²) in [5, 5.41) is 2.93. The van der Waals surface area contributed by atoms with E-state index in [2.05, 4.69) is 5.32 Å². The summed E-state index contributed by atoms with van der Waals surface area (Å²) in [6.07, 6.45) is -0.298. The minimum atomic E-state index is -3.75. The summed E-state index contributed by atoms with van der Waals surface area (Å²) in [5.41, 5.74) is 1.60. The van der Waals surface area contributed by atoms with Gasteiger partial charge in [0, 0.05) is 38.3 Å². The lowest BCUT2D eigenvalue weighted by Crippen LogP contribution is -2.40. The van der Waals surface area contributed by atoms with Gasteiger partial charge in [-0.15, -0.1) is 0 Å². The number of hydrogen-bond acceptors (Lipinski definition) is 4. The minimum absolute atomic E-state index is 0.0572. The van der Waals surface area contributed by atoms with Crippen LogP contribution in [0.4, 0.5) is 10.1 Å². The second-order valence-corrected chi connectivity index (χ2v) is 8.22. The Morgan fingerprint density at radius 1 is 1.42 bits per heavy atom. The van der Waals surface area contributed by atoms with Crippen molar-refractivity contribution in [3.05, 3.63) is 23.8 Å². The van der Waals surface area contributed by atoms with E-state index < -0.39 is 16.2 Å². The number of carbonyl (C=O) groups excluding carboxylic acids is 1. The van der Waals surface area contributed by atoms with Crippen LogP contribution in [-0.4, -0.2) is 57.5 Å². The molecular weight excluding hydrogens is 333 g/mol. The predicted octanol–water partition coefficient (Wildman–Crippen LogP) is 0.916. The molecular formula is C16H22FN3O3S. The van der Waals surface area contributed by atoms with Crippen molar-refractivity contribution in [1.29, 1.82) is 0 Å². The van der Waals surface area contributed by atoms with E-state index in [1.165, 1.54) is 17.3 Å². The molecule has 24 heavy (non-hydrogen) atoms. The summed E-state index contributed by atoms with van der Waals surface area (Å²) in [5.74, 6) is -0.0572. The van der Waals surface area contributed by atoms with Crippen molar-refractivity contribution < 1.29 is 17.6 Å². The molecule has 8 heteroatoms. The average molecular weight is 355 g/mol. The van der Waals surface area contributed by atoms with Gasteiger partial charge < -0.3 is 10.2 Å². The third-order valence-electron chi connectivity index (χ3n) is 4.69. The first-order valence-corrected chi connectivity index (χ1v) is 9.50. The second-order valence-electron chi connectivity index (χ2n) is 6.33. The van der Waals surface area contributed by atoms with Crippen LogP contribution in [-0.2, 0) is 21.2 Å². The summed E-state index contributed by atoms with van der Waals surface area (Å²) < 4.78 is 40.9. The molecule has 0 aliphatic carbocycles. The summed E-state index contributed by atoms with van der Waals surface area (Å²) in [7, 11) is -2.03. The Balaban J connectivity index is 1.92. The maximum Gasteiger partial charge on any atom is 0.243 e. The number of benzene rings is 1. The van der Waals surface area contributed by atoms with E-state index in [1.807, 2.05) is 0 Å². The Kier molecular flexibility index (Phi) is 4.63. The quantitative estimate of drug-likeness (QED) is 0.872. The molecule has 0 spiro atoms. The van der Waals surface area contributed by atoms with Gasteiger partial charge in [-0.05, 0) is 43.7 Å². The third kappa shape index (κ3) is 2.94. The zero-order chi connectivity index (χ0) is 17.5. The molecule has 2 aliphatic rings. The Labute approximate surface area is 141 Å². The standard InChI is InChI=1S/C16H22FN3O3S/c1-11(21)19-6-5-12-7-15(3-4-16(12)19)24(22,23)20-10-13(17)8-14(20)9-18-2/h3-4,7,13-14,18H,5-6,8-10H2,1-2H3/t13-,14-/m0/s1. The molecule has 3 rings (SSSR count). The topological polar surface area (TPSA) is 69.7 Å².